The molecular formula is C15H26N2OS. The van der Waals surface area contributed by atoms with Crippen molar-refractivity contribution in [3.63, 3.8) is 0 Å². The van der Waals surface area contributed by atoms with Gasteiger partial charge in [-0.15, -0.1) is 0 Å². The SMILES string of the molecule is CSCCC(C)N(C)C(=O)C1(C#N)CCCCCC1. The lowest BCUT2D eigenvalue weighted by atomic mass is 9.80. The van der Waals surface area contributed by atoms with Crippen LogP contribution < -0.4 is 0 Å². The van der Waals surface area contributed by atoms with Crippen LogP contribution in [0.2, 0.25) is 0 Å². The van der Waals surface area contributed by atoms with E-state index in [1.807, 2.05) is 11.9 Å². The Labute approximate surface area is 121 Å². The fraction of sp³-hybridized carbons (Fsp3) is 0.867. The standard InChI is InChI=1S/C15H26N2OS/c1-13(8-11-19-3)17(2)14(18)15(12-16)9-6-4-5-7-10-15/h13H,4-11H2,1-3H3. The third kappa shape index (κ3) is 4.14. The van der Waals surface area contributed by atoms with Crippen LogP contribution in [0.25, 0.3) is 0 Å². The van der Waals surface area contributed by atoms with Crippen molar-refractivity contribution >= 4 is 17.7 Å². The maximum absolute atomic E-state index is 12.7. The molecule has 0 aromatic rings. The Bertz CT molecular complexity index is 330. The van der Waals surface area contributed by atoms with Gasteiger partial charge >= 0.3 is 0 Å². The summed E-state index contributed by atoms with van der Waals surface area (Å²) in [5.74, 6) is 1.10. The van der Waals surface area contributed by atoms with Gasteiger partial charge in [-0.2, -0.15) is 17.0 Å². The zero-order chi connectivity index (χ0) is 14.3. The molecule has 1 unspecified atom stereocenters. The number of carbonyl (C=O) groups excluding carboxylic acids is 1. The van der Waals surface area contributed by atoms with Gasteiger partial charge in [0.05, 0.1) is 6.07 Å². The minimum absolute atomic E-state index is 0.0468. The largest absolute Gasteiger partial charge is 0.342 e. The van der Waals surface area contributed by atoms with Crippen LogP contribution in [0.5, 0.6) is 0 Å². The molecule has 4 heteroatoms. The summed E-state index contributed by atoms with van der Waals surface area (Å²) in [7, 11) is 1.86. The molecular weight excluding hydrogens is 256 g/mol. The molecule has 1 aliphatic carbocycles. The zero-order valence-corrected chi connectivity index (χ0v) is 13.3. The van der Waals surface area contributed by atoms with E-state index in [9.17, 15) is 10.1 Å². The van der Waals surface area contributed by atoms with Crippen LogP contribution in [0.4, 0.5) is 0 Å². The van der Waals surface area contributed by atoms with E-state index < -0.39 is 5.41 Å². The second-order valence-corrected chi connectivity index (χ2v) is 6.64. The Balaban J connectivity index is 2.74. The molecule has 0 aromatic heterocycles. The first kappa shape index (κ1) is 16.4. The Kier molecular flexibility index (Phi) is 6.71. The van der Waals surface area contributed by atoms with E-state index in [4.69, 9.17) is 0 Å². The number of hydrogen-bond donors (Lipinski definition) is 0. The number of amides is 1. The normalized spacial score (nSPS) is 20.1. The van der Waals surface area contributed by atoms with E-state index in [-0.39, 0.29) is 11.9 Å². The third-order valence-corrected chi connectivity index (χ3v) is 4.95. The molecule has 19 heavy (non-hydrogen) atoms. The highest BCUT2D eigenvalue weighted by Gasteiger charge is 2.41. The molecule has 0 aromatic carbocycles. The van der Waals surface area contributed by atoms with Gasteiger partial charge in [0.1, 0.15) is 5.41 Å². The highest BCUT2D eigenvalue weighted by Crippen LogP contribution is 2.36. The molecule has 1 saturated carbocycles. The molecule has 0 saturated heterocycles. The summed E-state index contributed by atoms with van der Waals surface area (Å²) in [5, 5.41) is 9.54. The third-order valence-electron chi connectivity index (χ3n) is 4.30. The lowest BCUT2D eigenvalue weighted by Gasteiger charge is -2.33. The van der Waals surface area contributed by atoms with Crippen molar-refractivity contribution in [3.8, 4) is 6.07 Å². The first-order valence-electron chi connectivity index (χ1n) is 7.25. The van der Waals surface area contributed by atoms with E-state index in [0.717, 1.165) is 50.7 Å². The number of nitriles is 1. The van der Waals surface area contributed by atoms with Gasteiger partial charge in [0.15, 0.2) is 0 Å². The number of carbonyl (C=O) groups is 1. The van der Waals surface area contributed by atoms with Crippen molar-refractivity contribution < 1.29 is 4.79 Å². The lowest BCUT2D eigenvalue weighted by Crippen LogP contribution is -2.45. The molecule has 0 aliphatic heterocycles. The van der Waals surface area contributed by atoms with Gasteiger partial charge in [0, 0.05) is 13.1 Å². The van der Waals surface area contributed by atoms with Gasteiger partial charge in [-0.1, -0.05) is 25.7 Å². The van der Waals surface area contributed by atoms with Crippen LogP contribution in [-0.4, -0.2) is 35.9 Å². The smallest absolute Gasteiger partial charge is 0.243 e. The number of nitrogens with zero attached hydrogens (tertiary/aromatic N) is 2. The summed E-state index contributed by atoms with van der Waals surface area (Å²) in [4.78, 5) is 14.5. The molecule has 1 aliphatic rings. The van der Waals surface area contributed by atoms with Crippen LogP contribution in [0.3, 0.4) is 0 Å². The van der Waals surface area contributed by atoms with Gasteiger partial charge in [0.2, 0.25) is 5.91 Å². The molecule has 1 fully saturated rings. The highest BCUT2D eigenvalue weighted by molar-refractivity contribution is 7.98. The molecule has 3 nitrogen and oxygen atoms in total. The molecule has 1 atom stereocenters. The second kappa shape index (κ2) is 7.79. The van der Waals surface area contributed by atoms with Gasteiger partial charge in [0.25, 0.3) is 0 Å². The Morgan fingerprint density at radius 2 is 1.95 bits per heavy atom. The van der Waals surface area contributed by atoms with Crippen LogP contribution in [0.15, 0.2) is 0 Å². The Hall–Kier alpha value is -0.690. The molecule has 1 rings (SSSR count). The molecule has 0 heterocycles. The Morgan fingerprint density at radius 3 is 2.42 bits per heavy atom. The van der Waals surface area contributed by atoms with Crippen molar-refractivity contribution in [3.05, 3.63) is 0 Å². The number of thioether (sulfide) groups is 1. The average Bonchev–Trinajstić information content (AvgIpc) is 2.69. The van der Waals surface area contributed by atoms with Crippen LogP contribution in [0, 0.1) is 16.7 Å². The predicted octanol–water partition coefficient (Wildman–Crippen LogP) is 3.45. The summed E-state index contributed by atoms with van der Waals surface area (Å²) >= 11 is 1.80. The number of rotatable bonds is 5. The molecule has 108 valence electrons. The molecule has 0 N–H and O–H groups in total. The van der Waals surface area contributed by atoms with E-state index >= 15 is 0 Å². The fourth-order valence-electron chi connectivity index (χ4n) is 2.73. The summed E-state index contributed by atoms with van der Waals surface area (Å²) in [6.07, 6.45) is 8.87. The van der Waals surface area contributed by atoms with Gasteiger partial charge in [-0.05, 0) is 38.2 Å². The van der Waals surface area contributed by atoms with Crippen LogP contribution in [0.1, 0.15) is 51.9 Å². The topological polar surface area (TPSA) is 44.1 Å². The van der Waals surface area contributed by atoms with E-state index in [0.29, 0.717) is 0 Å². The van der Waals surface area contributed by atoms with Gasteiger partial charge in [-0.25, -0.2) is 0 Å². The maximum Gasteiger partial charge on any atom is 0.243 e. The number of hydrogen-bond acceptors (Lipinski definition) is 3. The minimum atomic E-state index is -0.751. The maximum atomic E-state index is 12.7. The molecule has 0 spiro atoms. The predicted molar refractivity (Wildman–Crippen MR) is 81.0 cm³/mol. The minimum Gasteiger partial charge on any atom is -0.342 e. The Morgan fingerprint density at radius 1 is 1.37 bits per heavy atom. The van der Waals surface area contributed by atoms with Gasteiger partial charge < -0.3 is 4.90 Å². The fourth-order valence-corrected chi connectivity index (χ4v) is 3.30. The van der Waals surface area contributed by atoms with Crippen molar-refractivity contribution in [1.82, 2.24) is 4.90 Å². The summed E-state index contributed by atoms with van der Waals surface area (Å²) in [6.45, 7) is 2.08. The summed E-state index contributed by atoms with van der Waals surface area (Å²) < 4.78 is 0. The van der Waals surface area contributed by atoms with Crippen molar-refractivity contribution in [1.29, 1.82) is 5.26 Å². The zero-order valence-electron chi connectivity index (χ0n) is 12.4. The van der Waals surface area contributed by atoms with E-state index in [1.54, 1.807) is 11.8 Å². The van der Waals surface area contributed by atoms with Crippen molar-refractivity contribution in [2.24, 2.45) is 5.41 Å². The van der Waals surface area contributed by atoms with Gasteiger partial charge in [-0.3, -0.25) is 4.79 Å². The highest BCUT2D eigenvalue weighted by atomic mass is 32.2. The molecule has 0 bridgehead atoms. The lowest BCUT2D eigenvalue weighted by molar-refractivity contribution is -0.140. The quantitative estimate of drug-likeness (QED) is 0.725. The van der Waals surface area contributed by atoms with E-state index in [1.165, 1.54) is 0 Å². The summed E-state index contributed by atoms with van der Waals surface area (Å²) in [5.41, 5.74) is -0.751. The van der Waals surface area contributed by atoms with Crippen LogP contribution in [-0.2, 0) is 4.79 Å². The average molecular weight is 282 g/mol. The van der Waals surface area contributed by atoms with Crippen molar-refractivity contribution in [2.45, 2.75) is 57.9 Å². The van der Waals surface area contributed by atoms with E-state index in [2.05, 4.69) is 19.2 Å². The van der Waals surface area contributed by atoms with Crippen molar-refractivity contribution in [2.75, 3.05) is 19.1 Å². The summed E-state index contributed by atoms with van der Waals surface area (Å²) in [6, 6.07) is 2.57. The molecule has 0 radical (unpaired) electrons. The first-order valence-corrected chi connectivity index (χ1v) is 8.64. The molecule has 1 amide bonds. The monoisotopic (exact) mass is 282 g/mol. The van der Waals surface area contributed by atoms with Crippen LogP contribution >= 0.6 is 11.8 Å². The second-order valence-electron chi connectivity index (χ2n) is 5.65. The first-order chi connectivity index (χ1) is 9.07.